The Morgan fingerprint density at radius 3 is 1.58 bits per heavy atom. The first kappa shape index (κ1) is 69.4. The first-order valence-electron chi connectivity index (χ1n) is 27.2. The van der Waals surface area contributed by atoms with E-state index in [-0.39, 0.29) is 57.2 Å². The average Bonchev–Trinajstić information content (AvgIpc) is 4.16. The molecule has 1 aromatic heterocycles. The number of aliphatic hydroxyl groups is 2. The van der Waals surface area contributed by atoms with Gasteiger partial charge in [-0.3, -0.25) is 53.2 Å². The van der Waals surface area contributed by atoms with Crippen LogP contribution < -0.4 is 41.9 Å². The highest BCUT2D eigenvalue weighted by molar-refractivity contribution is 7.80. The number of hydrogen-bond acceptors (Lipinski definition) is 22. The molecule has 464 valence electrons. The zero-order valence-electron chi connectivity index (χ0n) is 46.8. The topological polar surface area (TPSA) is 440 Å². The lowest BCUT2D eigenvalue weighted by molar-refractivity contribution is -0.308. The van der Waals surface area contributed by atoms with Crippen LogP contribution in [-0.2, 0) is 72.1 Å². The van der Waals surface area contributed by atoms with Crippen molar-refractivity contribution in [1.29, 1.82) is 0 Å². The molecule has 4 rings (SSSR count). The van der Waals surface area contributed by atoms with Crippen molar-refractivity contribution in [2.45, 2.75) is 70.1 Å². The van der Waals surface area contributed by atoms with Gasteiger partial charge in [-0.05, 0) is 48.8 Å². The summed E-state index contributed by atoms with van der Waals surface area (Å²) in [5.74, 6) is -15.7. The van der Waals surface area contributed by atoms with Gasteiger partial charge in [0.25, 0.3) is 0 Å². The van der Waals surface area contributed by atoms with Crippen molar-refractivity contribution < 1.29 is 88.5 Å². The number of carboxylic acids is 5. The van der Waals surface area contributed by atoms with E-state index in [2.05, 4.69) is 36.6 Å². The molecular formula is C55H72N11O18S-3. The Morgan fingerprint density at radius 1 is 0.600 bits per heavy atom. The van der Waals surface area contributed by atoms with E-state index in [1.165, 1.54) is 19.4 Å². The van der Waals surface area contributed by atoms with Crippen molar-refractivity contribution >= 4 is 87.9 Å². The van der Waals surface area contributed by atoms with Gasteiger partial charge < -0.3 is 81.7 Å². The summed E-state index contributed by atoms with van der Waals surface area (Å²) >= 11 is 5.39. The number of nitrogens with zero attached hydrogens (tertiary/aromatic N) is 5. The standard InChI is InChI=1S/C55H75N11O18S/c1-34(45(70)22-38(20-41-25-56-33-58-41)53(82)61-43(31-67)46(71)23-37(19-35-5-3-2-4-6-35)52(81)62-44(32-68)54(83)84)59-51(80)39(24-47(72)73)21-42(69)26-57-55(85)60-40-9-7-36(8-10-40)27-63-11-13-64(28-48(74)75)15-17-66(30-50(78)79)18-16-65(14-12-63)29-49(76)77/h2-10,25,33-34,37-39,43-44,67-68H,11-24,26-32H2,1H3,(H,56,58)(H,59,80)(H,61,82)(H,62,81)(H,72,73)(H,74,75)(H,76,77)(H,78,79)(H,83,84)(H2,57,60,85)/p-3/t34-,37+,38+,39-,43-,44-/m0/s1. The molecule has 1 fully saturated rings. The monoisotopic (exact) mass is 1210 g/mol. The van der Waals surface area contributed by atoms with Crippen LogP contribution in [0.1, 0.15) is 49.4 Å². The van der Waals surface area contributed by atoms with Gasteiger partial charge in [0.2, 0.25) is 17.7 Å². The number of Topliss-reactive ketones (excluding diaryl/α,β-unsaturated/α-hetero) is 3. The van der Waals surface area contributed by atoms with Gasteiger partial charge >= 0.3 is 11.9 Å². The molecule has 29 nitrogen and oxygen atoms in total. The molecule has 0 aliphatic carbocycles. The number of H-pyrrole nitrogens is 1. The van der Waals surface area contributed by atoms with Crippen molar-refractivity contribution in [3.05, 3.63) is 83.9 Å². The minimum absolute atomic E-state index is 0.00482. The van der Waals surface area contributed by atoms with E-state index in [1.807, 2.05) is 4.90 Å². The van der Waals surface area contributed by atoms with E-state index in [1.54, 1.807) is 69.3 Å². The molecule has 10 N–H and O–H groups in total. The van der Waals surface area contributed by atoms with Crippen LogP contribution in [0.25, 0.3) is 0 Å². The lowest BCUT2D eigenvalue weighted by Gasteiger charge is -2.34. The zero-order chi connectivity index (χ0) is 62.6. The van der Waals surface area contributed by atoms with E-state index in [0.29, 0.717) is 36.6 Å². The van der Waals surface area contributed by atoms with Crippen LogP contribution in [0.4, 0.5) is 5.69 Å². The summed E-state index contributed by atoms with van der Waals surface area (Å²) in [5.41, 5.74) is 2.30. The molecule has 2 heterocycles. The molecule has 0 spiro atoms. The summed E-state index contributed by atoms with van der Waals surface area (Å²) in [5, 5.41) is 86.1. The number of ketones is 3. The Hall–Kier alpha value is -8.13. The van der Waals surface area contributed by atoms with Crippen LogP contribution in [0.5, 0.6) is 0 Å². The van der Waals surface area contributed by atoms with Gasteiger partial charge in [-0.15, -0.1) is 0 Å². The zero-order valence-corrected chi connectivity index (χ0v) is 47.6. The first-order chi connectivity index (χ1) is 40.4. The molecule has 1 aliphatic heterocycles. The number of anilines is 1. The summed E-state index contributed by atoms with van der Waals surface area (Å²) in [4.78, 5) is 153. The highest BCUT2D eigenvalue weighted by Gasteiger charge is 2.34. The molecule has 0 saturated carbocycles. The van der Waals surface area contributed by atoms with Crippen molar-refractivity contribution in [2.24, 2.45) is 17.8 Å². The van der Waals surface area contributed by atoms with Crippen LogP contribution >= 0.6 is 12.2 Å². The van der Waals surface area contributed by atoms with Gasteiger partial charge in [-0.25, -0.2) is 9.78 Å². The number of benzene rings is 2. The molecule has 30 heteroatoms. The van der Waals surface area contributed by atoms with Gasteiger partial charge in [0, 0.05) is 128 Å². The average molecular weight is 1210 g/mol. The lowest BCUT2D eigenvalue weighted by atomic mass is 9.90. The number of aliphatic carboxylic acids is 5. The molecule has 0 radical (unpaired) electrons. The fraction of sp³-hybridized carbons (Fsp3) is 0.509. The third-order valence-corrected chi connectivity index (χ3v) is 14.1. The third kappa shape index (κ3) is 26.1. The molecule has 1 saturated heterocycles. The smallest absolute Gasteiger partial charge is 0.328 e. The first-order valence-corrected chi connectivity index (χ1v) is 27.6. The van der Waals surface area contributed by atoms with E-state index < -0.39 is 166 Å². The third-order valence-electron chi connectivity index (χ3n) is 13.8. The Bertz CT molecular complexity index is 2730. The van der Waals surface area contributed by atoms with Crippen molar-refractivity contribution in [1.82, 2.24) is 50.8 Å². The number of aromatic nitrogens is 2. The Labute approximate surface area is 494 Å². The number of rotatable bonds is 34. The molecule has 1 aliphatic rings. The van der Waals surface area contributed by atoms with Crippen LogP contribution in [0, 0.1) is 17.8 Å². The van der Waals surface area contributed by atoms with Crippen LogP contribution in [0.2, 0.25) is 0 Å². The number of carbonyl (C=O) groups is 11. The molecule has 6 atom stereocenters. The number of carbonyl (C=O) groups excluding carboxylic acids is 9. The van der Waals surface area contributed by atoms with Gasteiger partial charge in [-0.1, -0.05) is 42.5 Å². The molecule has 2 aromatic carbocycles. The Morgan fingerprint density at radius 2 is 1.09 bits per heavy atom. The second-order valence-corrected chi connectivity index (χ2v) is 20.9. The number of amides is 3. The van der Waals surface area contributed by atoms with Gasteiger partial charge in [0.15, 0.2) is 22.5 Å². The summed E-state index contributed by atoms with van der Waals surface area (Å²) in [6.45, 7) is 0.123. The second kappa shape index (κ2) is 35.9. The molecule has 0 unspecified atom stereocenters. The highest BCUT2D eigenvalue weighted by Crippen LogP contribution is 2.19. The van der Waals surface area contributed by atoms with Crippen LogP contribution in [-0.4, -0.2) is 230 Å². The number of carboxylic acid groups (broad SMARTS) is 5. The predicted molar refractivity (Wildman–Crippen MR) is 298 cm³/mol. The fourth-order valence-electron chi connectivity index (χ4n) is 9.16. The molecule has 85 heavy (non-hydrogen) atoms. The number of imidazole rings is 1. The largest absolute Gasteiger partial charge is 0.549 e. The SMILES string of the molecule is C[C@H](NC(=O)[C@H](CC(=O)O)CC(=O)CNC(=S)Nc1ccc(CN2CCN(CC(=O)[O-])CCN(CC(=O)[O-])CCN(CC(=O)[O-])CC2)cc1)C(=O)C[C@@H](Cc1cnc[nH]1)C(=O)N[C@@H](CO)C(=O)C[C@@H](Cc1ccccc1)C(=O)N[C@@H](CO)C(=O)O. The summed E-state index contributed by atoms with van der Waals surface area (Å²) in [7, 11) is 0. The Balaban J connectivity index is 1.34. The number of aliphatic hydroxyl groups excluding tert-OH is 2. The van der Waals surface area contributed by atoms with Crippen molar-refractivity contribution in [2.75, 3.05) is 97.1 Å². The molecule has 0 bridgehead atoms. The van der Waals surface area contributed by atoms with Crippen molar-refractivity contribution in [3.63, 3.8) is 0 Å². The summed E-state index contributed by atoms with van der Waals surface area (Å²) in [6, 6.07) is 10.8. The van der Waals surface area contributed by atoms with E-state index in [9.17, 15) is 88.5 Å². The maximum atomic E-state index is 13.9. The molecule has 3 amide bonds. The minimum atomic E-state index is -1.68. The lowest BCUT2D eigenvalue weighted by Crippen LogP contribution is -2.51. The van der Waals surface area contributed by atoms with E-state index in [4.69, 9.17) is 12.2 Å². The second-order valence-electron chi connectivity index (χ2n) is 20.5. The van der Waals surface area contributed by atoms with Crippen LogP contribution in [0.3, 0.4) is 0 Å². The predicted octanol–water partition coefficient (Wildman–Crippen LogP) is -6.10. The van der Waals surface area contributed by atoms with Gasteiger partial charge in [0.1, 0.15) is 12.1 Å². The maximum absolute atomic E-state index is 13.9. The summed E-state index contributed by atoms with van der Waals surface area (Å²) in [6.07, 6.45) is -0.0622. The van der Waals surface area contributed by atoms with Gasteiger partial charge in [0.05, 0.1) is 68.3 Å². The Kier molecular flexibility index (Phi) is 29.3. The van der Waals surface area contributed by atoms with Gasteiger partial charge in [-0.2, -0.15) is 0 Å². The maximum Gasteiger partial charge on any atom is 0.328 e. The van der Waals surface area contributed by atoms with Crippen molar-refractivity contribution in [3.8, 4) is 0 Å². The summed E-state index contributed by atoms with van der Waals surface area (Å²) < 4.78 is 0. The molecule has 3 aromatic rings. The number of hydrogen-bond donors (Lipinski definition) is 10. The number of nitrogens with one attached hydrogen (secondary N) is 6. The van der Waals surface area contributed by atoms with Crippen LogP contribution in [0.15, 0.2) is 67.1 Å². The minimum Gasteiger partial charge on any atom is -0.549 e. The quantitative estimate of drug-likeness (QED) is 0.0249. The number of thiocarbonyl (C=S) groups is 1. The normalized spacial score (nSPS) is 16.0. The van der Waals surface area contributed by atoms with E-state index >= 15 is 0 Å². The highest BCUT2D eigenvalue weighted by atomic mass is 32.1. The molecular weight excluding hydrogens is 1130 g/mol. The number of aromatic amines is 1. The van der Waals surface area contributed by atoms with E-state index in [0.717, 1.165) is 5.56 Å². The fourth-order valence-corrected chi connectivity index (χ4v) is 9.35.